The van der Waals surface area contributed by atoms with E-state index < -0.39 is 6.10 Å². The van der Waals surface area contributed by atoms with E-state index in [2.05, 4.69) is 137 Å². The second kappa shape index (κ2) is 54.2. The van der Waals surface area contributed by atoms with Gasteiger partial charge in [0.15, 0.2) is 5.78 Å². The molecule has 5 atom stereocenters. The van der Waals surface area contributed by atoms with Crippen LogP contribution in [0.5, 0.6) is 0 Å². The van der Waals surface area contributed by atoms with Gasteiger partial charge in [0.05, 0.1) is 23.1 Å². The number of hydrogen-bond donors (Lipinski definition) is 3. The number of anilines is 3. The molecule has 0 saturated heterocycles. The van der Waals surface area contributed by atoms with Gasteiger partial charge in [-0.1, -0.05) is 297 Å². The van der Waals surface area contributed by atoms with Crippen LogP contribution in [0.2, 0.25) is 0 Å². The highest BCUT2D eigenvalue weighted by atomic mass is 32.2. The van der Waals surface area contributed by atoms with Gasteiger partial charge in [-0.15, -0.1) is 23.5 Å². The molecule has 624 valence electrons. The summed E-state index contributed by atoms with van der Waals surface area (Å²) in [5, 5.41) is 9.80. The number of pyridine rings is 5. The average molecular weight is 1690 g/mol. The van der Waals surface area contributed by atoms with E-state index in [0.717, 1.165) is 98.1 Å². The molecule has 0 aliphatic carbocycles. The number of amides is 2. The number of aromatic nitrogens is 5. The van der Waals surface area contributed by atoms with Gasteiger partial charge in [0.1, 0.15) is 11.9 Å². The number of rotatable bonds is 37. The third-order valence-corrected chi connectivity index (χ3v) is 23.2. The fraction of sp³-hybridized carbons (Fsp3) is 0.159. The molecule has 10 aromatic carbocycles. The number of nitrogens with zero attached hydrogens (tertiary/aromatic N) is 6. The van der Waals surface area contributed by atoms with E-state index in [1.165, 1.54) is 22.4 Å². The maximum atomic E-state index is 12.9. The van der Waals surface area contributed by atoms with Gasteiger partial charge in [0.25, 0.3) is 5.91 Å². The first kappa shape index (κ1) is 91.5. The largest absolute Gasteiger partial charge is 0.384 e. The van der Waals surface area contributed by atoms with E-state index in [1.807, 2.05) is 310 Å². The van der Waals surface area contributed by atoms with Gasteiger partial charge in [0.2, 0.25) is 5.91 Å². The molecular formula is C107H103N9O5S3. The van der Waals surface area contributed by atoms with Gasteiger partial charge in [-0.25, -0.2) is 0 Å². The zero-order valence-corrected chi connectivity index (χ0v) is 71.8. The van der Waals surface area contributed by atoms with Crippen molar-refractivity contribution in [3.8, 4) is 0 Å². The van der Waals surface area contributed by atoms with E-state index in [-0.39, 0.29) is 39.9 Å². The Morgan fingerprint density at radius 1 is 0.331 bits per heavy atom. The van der Waals surface area contributed by atoms with Crippen LogP contribution in [0.4, 0.5) is 17.1 Å². The molecule has 0 spiro atoms. The zero-order valence-electron chi connectivity index (χ0n) is 69.3. The number of ketones is 2. The smallest absolute Gasteiger partial charge is 0.253 e. The maximum absolute atomic E-state index is 12.9. The Morgan fingerprint density at radius 3 is 1.13 bits per heavy atom. The van der Waals surface area contributed by atoms with Crippen LogP contribution in [-0.4, -0.2) is 82.9 Å². The lowest BCUT2D eigenvalue weighted by Crippen LogP contribution is -2.32. The number of nitrogens with one attached hydrogen (secondary N) is 3. The molecule has 3 N–H and O–H groups in total. The Balaban J connectivity index is 0.000000151. The van der Waals surface area contributed by atoms with Crippen molar-refractivity contribution in [3.05, 3.63) is 493 Å². The minimum atomic E-state index is -0.581. The van der Waals surface area contributed by atoms with Crippen LogP contribution >= 0.6 is 35.3 Å². The first-order valence-electron chi connectivity index (χ1n) is 41.4. The van der Waals surface area contributed by atoms with Crippen molar-refractivity contribution < 1.29 is 23.9 Å². The van der Waals surface area contributed by atoms with Gasteiger partial charge in [0, 0.05) is 146 Å². The SMILES string of the molecule is O=C(Cc1ccccc1)C(Cc1ccccc1)SCc1cccnc1.O=C(Cc1ccccc1)CC(N=Cc1cccnc1)c1ccccc1.O=C(Nc1ccccc1)C(Cc1ccccc1)OCc1cccnc1.O=C(Nc1ccccc1)C(Cc1ccccc1)SCc1cccnc1.c1ccc(CC(CNc2ccccc2)SCc2cccnc2)cc1. The lowest BCUT2D eigenvalue weighted by atomic mass is 9.98. The number of carbonyl (C=O) groups excluding carboxylic acids is 4. The molecule has 2 amide bonds. The molecule has 0 aliphatic heterocycles. The fourth-order valence-electron chi connectivity index (χ4n) is 12.9. The van der Waals surface area contributed by atoms with Crippen LogP contribution in [0.1, 0.15) is 79.2 Å². The Morgan fingerprint density at radius 2 is 0.685 bits per heavy atom. The number of benzene rings is 10. The summed E-state index contributed by atoms with van der Waals surface area (Å²) in [5.74, 6) is 2.89. The highest BCUT2D eigenvalue weighted by molar-refractivity contribution is 8.00. The highest BCUT2D eigenvalue weighted by Crippen LogP contribution is 2.28. The summed E-state index contributed by atoms with van der Waals surface area (Å²) in [4.78, 5) is 76.3. The normalized spacial score (nSPS) is 11.8. The molecule has 14 nitrogen and oxygen atoms in total. The molecule has 5 aromatic heterocycles. The number of hydrogen-bond acceptors (Lipinski definition) is 15. The number of Topliss-reactive ketones (excluding diaryl/α,β-unsaturated/α-hetero) is 2. The number of aliphatic imine (C=N–C) groups is 1. The molecule has 15 rings (SSSR count). The Labute approximate surface area is 742 Å². The molecule has 5 heterocycles. The van der Waals surface area contributed by atoms with Crippen molar-refractivity contribution in [2.24, 2.45) is 4.99 Å². The van der Waals surface area contributed by atoms with Crippen molar-refractivity contribution in [3.63, 3.8) is 0 Å². The predicted molar refractivity (Wildman–Crippen MR) is 512 cm³/mol. The van der Waals surface area contributed by atoms with Crippen molar-refractivity contribution in [1.29, 1.82) is 0 Å². The van der Waals surface area contributed by atoms with Crippen LogP contribution in [0, 0.1) is 0 Å². The molecule has 0 bridgehead atoms. The molecule has 124 heavy (non-hydrogen) atoms. The van der Waals surface area contributed by atoms with E-state index in [0.29, 0.717) is 44.0 Å². The average Bonchev–Trinajstić information content (AvgIpc) is 0.886. The molecular weight excluding hydrogens is 1590 g/mol. The summed E-state index contributed by atoms with van der Waals surface area (Å²) in [5.41, 5.74) is 16.1. The van der Waals surface area contributed by atoms with Crippen LogP contribution in [0.15, 0.2) is 431 Å². The molecule has 15 aromatic rings. The first-order valence-corrected chi connectivity index (χ1v) is 44.6. The Bertz CT molecular complexity index is 5080. The summed E-state index contributed by atoms with van der Waals surface area (Å²) in [6.07, 6.45) is 23.5. The summed E-state index contributed by atoms with van der Waals surface area (Å²) < 4.78 is 5.91. The molecule has 5 unspecified atom stereocenters. The molecule has 0 aliphatic rings. The van der Waals surface area contributed by atoms with Crippen LogP contribution in [-0.2, 0) is 86.3 Å². The van der Waals surface area contributed by atoms with Crippen LogP contribution in [0.25, 0.3) is 0 Å². The molecule has 0 radical (unpaired) electrons. The minimum Gasteiger partial charge on any atom is -0.384 e. The number of thioether (sulfide) groups is 3. The topological polar surface area (TPSA) is 190 Å². The first-order chi connectivity index (χ1) is 61.1. The van der Waals surface area contributed by atoms with Crippen LogP contribution in [0.3, 0.4) is 0 Å². The lowest BCUT2D eigenvalue weighted by Gasteiger charge is -2.18. The zero-order chi connectivity index (χ0) is 85.7. The Kier molecular flexibility index (Phi) is 40.0. The molecule has 17 heteroatoms. The van der Waals surface area contributed by atoms with Gasteiger partial charge >= 0.3 is 0 Å². The highest BCUT2D eigenvalue weighted by Gasteiger charge is 2.24. The van der Waals surface area contributed by atoms with E-state index in [4.69, 9.17) is 4.74 Å². The quantitative estimate of drug-likeness (QED) is 0.0312. The summed E-state index contributed by atoms with van der Waals surface area (Å²) in [6.45, 7) is 1.29. The fourth-order valence-corrected chi connectivity index (χ4v) is 16.2. The van der Waals surface area contributed by atoms with Gasteiger partial charge in [-0.2, -0.15) is 11.8 Å². The Hall–Kier alpha value is -13.3. The van der Waals surface area contributed by atoms with E-state index in [1.54, 1.807) is 66.9 Å². The maximum Gasteiger partial charge on any atom is 0.253 e. The van der Waals surface area contributed by atoms with Crippen molar-refractivity contribution >= 4 is 81.9 Å². The number of carbonyl (C=O) groups is 4. The van der Waals surface area contributed by atoms with Crippen molar-refractivity contribution in [1.82, 2.24) is 24.9 Å². The lowest BCUT2D eigenvalue weighted by molar-refractivity contribution is -0.128. The third kappa shape index (κ3) is 35.4. The summed E-state index contributed by atoms with van der Waals surface area (Å²) in [6, 6.07) is 120. The second-order valence-electron chi connectivity index (χ2n) is 29.0. The van der Waals surface area contributed by atoms with Gasteiger partial charge in [-0.05, 0) is 147 Å². The molecule has 0 fully saturated rings. The summed E-state index contributed by atoms with van der Waals surface area (Å²) >= 11 is 5.34. The summed E-state index contributed by atoms with van der Waals surface area (Å²) in [7, 11) is 0. The standard InChI is InChI=1S/C22H20N2O.C22H21NOS.C21H20N2O2.C21H20N2OS.C21H22N2S/c25-21(14-18-8-3-1-4-9-18)15-22(20-11-5-2-6-12-20)24-17-19-10-7-13-23-16-19;24-21(14-18-8-3-1-4-9-18)22(15-19-10-5-2-6-11-19)25-17-20-12-7-13-23-16-20;2*24-21(23-19-11-5-2-6-12-19)20(14-17-8-3-1-4-9-17)25-16-18-10-7-13-22-15-18;1-3-8-18(9-4-1)14-21(16-23-20-11-5-2-6-12-20)24-17-19-10-7-13-22-15-19/h1-13,16-17,22H,14-15H2;1-13,16,22H,14-15,17H2;2*1-13,15,20H,14,16H2,(H,23,24);1-13,15,21,23H,14,16-17H2. The van der Waals surface area contributed by atoms with Gasteiger partial charge in [-0.3, -0.25) is 49.1 Å². The third-order valence-electron chi connectivity index (χ3n) is 19.3. The number of para-hydroxylation sites is 3. The molecule has 0 saturated carbocycles. The van der Waals surface area contributed by atoms with E-state index in [9.17, 15) is 19.2 Å². The monoisotopic (exact) mass is 1690 g/mol. The second-order valence-corrected chi connectivity index (χ2v) is 32.7. The van der Waals surface area contributed by atoms with E-state index >= 15 is 0 Å². The number of ether oxygens (including phenoxy) is 1. The van der Waals surface area contributed by atoms with Crippen molar-refractivity contribution in [2.75, 3.05) is 22.5 Å². The van der Waals surface area contributed by atoms with Crippen molar-refractivity contribution in [2.45, 2.75) is 96.7 Å². The van der Waals surface area contributed by atoms with Crippen LogP contribution < -0.4 is 16.0 Å². The van der Waals surface area contributed by atoms with Gasteiger partial charge < -0.3 is 20.7 Å². The minimum absolute atomic E-state index is 0.0314. The predicted octanol–water partition coefficient (Wildman–Crippen LogP) is 22.6.